The first kappa shape index (κ1) is 20.3. The lowest BCUT2D eigenvalue weighted by molar-refractivity contribution is -0.120. The van der Waals surface area contributed by atoms with Gasteiger partial charge in [0.15, 0.2) is 0 Å². The number of piperidine rings is 1. The molecule has 0 spiro atoms. The zero-order valence-electron chi connectivity index (χ0n) is 16.5. The maximum absolute atomic E-state index is 12.9. The van der Waals surface area contributed by atoms with Crippen LogP contribution in [0, 0.1) is 5.92 Å². The fourth-order valence-corrected chi connectivity index (χ4v) is 5.19. The lowest BCUT2D eigenvalue weighted by Gasteiger charge is -2.31. The number of carbonyl (C=O) groups is 1. The number of sulfonamides is 1. The van der Waals surface area contributed by atoms with Crippen LogP contribution in [0.1, 0.15) is 18.4 Å². The van der Waals surface area contributed by atoms with Gasteiger partial charge in [-0.25, -0.2) is 8.42 Å². The van der Waals surface area contributed by atoms with Crippen molar-refractivity contribution in [3.05, 3.63) is 78.6 Å². The van der Waals surface area contributed by atoms with Crippen molar-refractivity contribution in [2.75, 3.05) is 18.4 Å². The Morgan fingerprint density at radius 1 is 1.07 bits per heavy atom. The van der Waals surface area contributed by atoms with Crippen LogP contribution in [-0.2, 0) is 21.4 Å². The molecule has 1 unspecified atom stereocenters. The van der Waals surface area contributed by atoms with Gasteiger partial charge < -0.3 is 5.32 Å². The van der Waals surface area contributed by atoms with Crippen molar-refractivity contribution >= 4 is 21.6 Å². The van der Waals surface area contributed by atoms with Crippen LogP contribution in [0.4, 0.5) is 5.69 Å². The number of carbonyl (C=O) groups excluding carboxylic acids is 1. The summed E-state index contributed by atoms with van der Waals surface area (Å²) in [7, 11) is -3.59. The molecular formula is C22H24N4O3S. The number of rotatable bonds is 6. The highest BCUT2D eigenvalue weighted by Gasteiger charge is 2.33. The van der Waals surface area contributed by atoms with E-state index in [0.29, 0.717) is 31.6 Å². The van der Waals surface area contributed by atoms with Crippen LogP contribution < -0.4 is 5.32 Å². The van der Waals surface area contributed by atoms with Crippen LogP contribution in [-0.4, -0.2) is 41.5 Å². The predicted octanol–water partition coefficient (Wildman–Crippen LogP) is 2.97. The minimum absolute atomic E-state index is 0.178. The molecule has 0 aliphatic carbocycles. The lowest BCUT2D eigenvalue weighted by atomic mass is 9.99. The summed E-state index contributed by atoms with van der Waals surface area (Å²) in [6, 6.07) is 18.3. The summed E-state index contributed by atoms with van der Waals surface area (Å²) in [5.41, 5.74) is 1.73. The SMILES string of the molecule is O=C(Nc1cnn(Cc2ccccc2)c1)C1CCCN(S(=O)(=O)c2ccccc2)C1. The average molecular weight is 425 g/mol. The van der Waals surface area contributed by atoms with Crippen molar-refractivity contribution in [1.29, 1.82) is 0 Å². The standard InChI is InChI=1S/C22H24N4O3S/c27-22(24-20-14-23-25(17-20)15-18-8-3-1-4-9-18)19-10-7-13-26(16-19)30(28,29)21-11-5-2-6-12-21/h1-6,8-9,11-12,14,17,19H,7,10,13,15-16H2,(H,24,27). The van der Waals surface area contributed by atoms with Gasteiger partial charge in [0.2, 0.25) is 15.9 Å². The zero-order valence-corrected chi connectivity index (χ0v) is 17.3. The molecule has 2 heterocycles. The van der Waals surface area contributed by atoms with E-state index in [1.54, 1.807) is 47.4 Å². The Kier molecular flexibility index (Phi) is 5.96. The van der Waals surface area contributed by atoms with Crippen molar-refractivity contribution < 1.29 is 13.2 Å². The summed E-state index contributed by atoms with van der Waals surface area (Å²) in [6.07, 6.45) is 4.70. The Bertz CT molecular complexity index is 1100. The molecule has 1 atom stereocenters. The third-order valence-electron chi connectivity index (χ3n) is 5.22. The molecule has 1 N–H and O–H groups in total. The van der Waals surface area contributed by atoms with Gasteiger partial charge in [0.25, 0.3) is 0 Å². The third kappa shape index (κ3) is 4.60. The first-order valence-corrected chi connectivity index (χ1v) is 11.4. The molecule has 1 saturated heterocycles. The molecule has 8 heteroatoms. The van der Waals surface area contributed by atoms with Gasteiger partial charge >= 0.3 is 0 Å². The monoisotopic (exact) mass is 424 g/mol. The van der Waals surface area contributed by atoms with Gasteiger partial charge in [-0.1, -0.05) is 48.5 Å². The maximum atomic E-state index is 12.9. The van der Waals surface area contributed by atoms with Crippen molar-refractivity contribution in [2.45, 2.75) is 24.3 Å². The van der Waals surface area contributed by atoms with Gasteiger partial charge in [0.1, 0.15) is 0 Å². The Hall–Kier alpha value is -2.97. The molecule has 7 nitrogen and oxygen atoms in total. The Balaban J connectivity index is 1.39. The minimum Gasteiger partial charge on any atom is -0.323 e. The van der Waals surface area contributed by atoms with Crippen molar-refractivity contribution in [3.63, 3.8) is 0 Å². The van der Waals surface area contributed by atoms with E-state index in [1.165, 1.54) is 4.31 Å². The smallest absolute Gasteiger partial charge is 0.243 e. The molecule has 1 fully saturated rings. The second-order valence-corrected chi connectivity index (χ2v) is 9.35. The Labute approximate surface area is 176 Å². The topological polar surface area (TPSA) is 84.3 Å². The second kappa shape index (κ2) is 8.81. The van der Waals surface area contributed by atoms with E-state index in [9.17, 15) is 13.2 Å². The van der Waals surface area contributed by atoms with E-state index < -0.39 is 15.9 Å². The summed E-state index contributed by atoms with van der Waals surface area (Å²) >= 11 is 0. The number of aromatic nitrogens is 2. The number of anilines is 1. The number of hydrogen-bond acceptors (Lipinski definition) is 4. The Morgan fingerprint density at radius 3 is 2.50 bits per heavy atom. The van der Waals surface area contributed by atoms with Crippen molar-refractivity contribution in [3.8, 4) is 0 Å². The van der Waals surface area contributed by atoms with Crippen LogP contribution >= 0.6 is 0 Å². The molecule has 0 radical (unpaired) electrons. The fraction of sp³-hybridized carbons (Fsp3) is 0.273. The highest BCUT2D eigenvalue weighted by molar-refractivity contribution is 7.89. The van der Waals surface area contributed by atoms with Crippen LogP contribution in [0.25, 0.3) is 0 Å². The molecule has 1 amide bonds. The van der Waals surface area contributed by atoms with Crippen LogP contribution in [0.5, 0.6) is 0 Å². The number of amides is 1. The van der Waals surface area contributed by atoms with Crippen LogP contribution in [0.15, 0.2) is 78.0 Å². The highest BCUT2D eigenvalue weighted by Crippen LogP contribution is 2.24. The summed E-state index contributed by atoms with van der Waals surface area (Å²) in [6.45, 7) is 1.22. The summed E-state index contributed by atoms with van der Waals surface area (Å²) in [4.78, 5) is 13.0. The van der Waals surface area contributed by atoms with Crippen LogP contribution in [0.3, 0.4) is 0 Å². The van der Waals surface area contributed by atoms with E-state index in [2.05, 4.69) is 10.4 Å². The molecule has 1 aliphatic rings. The first-order valence-electron chi connectivity index (χ1n) is 9.95. The van der Waals surface area contributed by atoms with E-state index in [-0.39, 0.29) is 17.3 Å². The minimum atomic E-state index is -3.59. The largest absolute Gasteiger partial charge is 0.323 e. The molecule has 30 heavy (non-hydrogen) atoms. The lowest BCUT2D eigenvalue weighted by Crippen LogP contribution is -2.43. The number of nitrogens with zero attached hydrogens (tertiary/aromatic N) is 3. The van der Waals surface area contributed by atoms with Gasteiger partial charge in [-0.2, -0.15) is 9.40 Å². The number of nitrogens with one attached hydrogen (secondary N) is 1. The zero-order chi connectivity index (χ0) is 21.0. The molecule has 1 aliphatic heterocycles. The predicted molar refractivity (Wildman–Crippen MR) is 114 cm³/mol. The van der Waals surface area contributed by atoms with Gasteiger partial charge in [-0.05, 0) is 30.5 Å². The van der Waals surface area contributed by atoms with Crippen molar-refractivity contribution in [2.24, 2.45) is 5.92 Å². The maximum Gasteiger partial charge on any atom is 0.243 e. The van der Waals surface area contributed by atoms with Gasteiger partial charge in [-0.3, -0.25) is 9.48 Å². The quantitative estimate of drug-likeness (QED) is 0.659. The summed E-state index contributed by atoms with van der Waals surface area (Å²) in [5.74, 6) is -0.572. The van der Waals surface area contributed by atoms with Gasteiger partial charge in [0.05, 0.1) is 29.2 Å². The summed E-state index contributed by atoms with van der Waals surface area (Å²) in [5, 5.41) is 7.19. The summed E-state index contributed by atoms with van der Waals surface area (Å²) < 4.78 is 28.9. The van der Waals surface area contributed by atoms with E-state index >= 15 is 0 Å². The van der Waals surface area contributed by atoms with E-state index in [1.807, 2.05) is 30.3 Å². The van der Waals surface area contributed by atoms with Crippen molar-refractivity contribution in [1.82, 2.24) is 14.1 Å². The normalized spacial score (nSPS) is 17.5. The second-order valence-electron chi connectivity index (χ2n) is 7.42. The molecule has 2 aromatic carbocycles. The molecule has 4 rings (SSSR count). The van der Waals surface area contributed by atoms with E-state index in [0.717, 1.165) is 5.56 Å². The first-order chi connectivity index (χ1) is 14.5. The van der Waals surface area contributed by atoms with E-state index in [4.69, 9.17) is 0 Å². The Morgan fingerprint density at radius 2 is 1.77 bits per heavy atom. The van der Waals surface area contributed by atoms with Gasteiger partial charge in [0, 0.05) is 19.3 Å². The molecular weight excluding hydrogens is 400 g/mol. The number of hydrogen-bond donors (Lipinski definition) is 1. The third-order valence-corrected chi connectivity index (χ3v) is 7.10. The number of benzene rings is 2. The highest BCUT2D eigenvalue weighted by atomic mass is 32.2. The molecule has 1 aromatic heterocycles. The molecule has 156 valence electrons. The molecule has 3 aromatic rings. The van der Waals surface area contributed by atoms with Crippen LogP contribution in [0.2, 0.25) is 0 Å². The molecule has 0 bridgehead atoms. The molecule has 0 saturated carbocycles. The fourth-order valence-electron chi connectivity index (χ4n) is 3.65. The van der Waals surface area contributed by atoms with Gasteiger partial charge in [-0.15, -0.1) is 0 Å². The average Bonchev–Trinajstić information content (AvgIpc) is 3.21.